The second kappa shape index (κ2) is 15.7. The highest BCUT2D eigenvalue weighted by Crippen LogP contribution is 2.29. The van der Waals surface area contributed by atoms with E-state index in [0.717, 1.165) is 24.3 Å². The highest BCUT2D eigenvalue weighted by Gasteiger charge is 2.11. The second-order valence-electron chi connectivity index (χ2n) is 6.29. The predicted octanol–water partition coefficient (Wildman–Crippen LogP) is 4.21. The molecular weight excluding hydrogens is 523 g/mol. The van der Waals surface area contributed by atoms with E-state index in [1.807, 2.05) is 25.1 Å². The average molecular weight is 553 g/mol. The van der Waals surface area contributed by atoms with Crippen LogP contribution in [-0.2, 0) is 17.8 Å². The molecule has 10 heteroatoms. The predicted molar refractivity (Wildman–Crippen MR) is 126 cm³/mol. The van der Waals surface area contributed by atoms with Crippen molar-refractivity contribution in [3.8, 4) is 11.5 Å². The van der Waals surface area contributed by atoms with Gasteiger partial charge in [-0.15, -0.1) is 24.0 Å². The molecule has 0 aliphatic heterocycles. The van der Waals surface area contributed by atoms with E-state index in [1.54, 1.807) is 18.4 Å². The van der Waals surface area contributed by atoms with E-state index in [0.29, 0.717) is 38.7 Å². The summed E-state index contributed by atoms with van der Waals surface area (Å²) in [5.41, 5.74) is 0.848. The number of rotatable bonds is 13. The lowest BCUT2D eigenvalue weighted by Gasteiger charge is -2.13. The van der Waals surface area contributed by atoms with E-state index in [1.165, 1.54) is 7.11 Å². The van der Waals surface area contributed by atoms with Gasteiger partial charge in [0, 0.05) is 26.2 Å². The molecule has 0 aliphatic rings. The van der Waals surface area contributed by atoms with Crippen LogP contribution in [0.5, 0.6) is 11.5 Å². The van der Waals surface area contributed by atoms with Crippen molar-refractivity contribution in [1.29, 1.82) is 0 Å². The minimum Gasteiger partial charge on any atom is -0.493 e. The Balaban J connectivity index is 0.00000480. The summed E-state index contributed by atoms with van der Waals surface area (Å²) in [6, 6.07) is 8.70. The lowest BCUT2D eigenvalue weighted by Crippen LogP contribution is -2.38. The van der Waals surface area contributed by atoms with Crippen molar-refractivity contribution in [2.45, 2.75) is 33.0 Å². The van der Waals surface area contributed by atoms with Crippen LogP contribution in [0.25, 0.3) is 0 Å². The normalized spacial score (nSPS) is 11.2. The molecule has 0 aliphatic carbocycles. The maximum atomic E-state index is 12.6. The Morgan fingerprint density at radius 3 is 2.71 bits per heavy atom. The van der Waals surface area contributed by atoms with Gasteiger partial charge < -0.3 is 29.3 Å². The topological polar surface area (TPSA) is 77.3 Å². The number of hydrogen-bond donors (Lipinski definition) is 2. The first-order valence-electron chi connectivity index (χ1n) is 9.86. The highest BCUT2D eigenvalue weighted by atomic mass is 127. The Morgan fingerprint density at radius 1 is 1.19 bits per heavy atom. The molecule has 0 radical (unpaired) electrons. The van der Waals surface area contributed by atoms with Crippen LogP contribution < -0.4 is 20.1 Å². The van der Waals surface area contributed by atoms with Gasteiger partial charge in [0.15, 0.2) is 17.5 Å². The maximum Gasteiger partial charge on any atom is 0.387 e. The molecule has 0 spiro atoms. The molecular formula is C21H30F2IN3O4. The number of methoxy groups -OCH3 is 1. The van der Waals surface area contributed by atoms with Crippen LogP contribution in [0.3, 0.4) is 0 Å². The largest absolute Gasteiger partial charge is 0.493 e. The number of nitrogens with one attached hydrogen (secondary N) is 2. The maximum absolute atomic E-state index is 12.6. The van der Waals surface area contributed by atoms with Crippen LogP contribution in [0.1, 0.15) is 24.7 Å². The number of furan rings is 1. The van der Waals surface area contributed by atoms with Crippen molar-refractivity contribution in [3.05, 3.63) is 47.9 Å². The summed E-state index contributed by atoms with van der Waals surface area (Å²) in [6.07, 6.45) is 3.01. The minimum atomic E-state index is -2.90. The summed E-state index contributed by atoms with van der Waals surface area (Å²) in [6.45, 7) is 2.06. The monoisotopic (exact) mass is 553 g/mol. The minimum absolute atomic E-state index is 0. The number of nitrogens with zero attached hydrogens (tertiary/aromatic N) is 1. The van der Waals surface area contributed by atoms with Gasteiger partial charge >= 0.3 is 6.61 Å². The molecule has 7 nitrogen and oxygen atoms in total. The first-order valence-corrected chi connectivity index (χ1v) is 9.86. The summed E-state index contributed by atoms with van der Waals surface area (Å²) in [7, 11) is 1.41. The van der Waals surface area contributed by atoms with E-state index in [-0.39, 0.29) is 35.5 Å². The van der Waals surface area contributed by atoms with Crippen molar-refractivity contribution in [3.63, 3.8) is 0 Å². The van der Waals surface area contributed by atoms with Gasteiger partial charge in [-0.25, -0.2) is 0 Å². The van der Waals surface area contributed by atoms with Gasteiger partial charge in [0.05, 0.1) is 13.4 Å². The van der Waals surface area contributed by atoms with E-state index in [2.05, 4.69) is 20.4 Å². The molecule has 0 bridgehead atoms. The molecule has 31 heavy (non-hydrogen) atoms. The van der Waals surface area contributed by atoms with Gasteiger partial charge in [0.25, 0.3) is 0 Å². The van der Waals surface area contributed by atoms with Gasteiger partial charge in [-0.1, -0.05) is 6.07 Å². The van der Waals surface area contributed by atoms with E-state index in [9.17, 15) is 8.78 Å². The molecule has 174 valence electrons. The van der Waals surface area contributed by atoms with E-state index in [4.69, 9.17) is 13.9 Å². The SMILES string of the molecule is CCNC(=NCCCOCc1ccco1)NCCc1ccc(OC)c(OC(F)F)c1.I. The smallest absolute Gasteiger partial charge is 0.387 e. The number of halogens is 3. The lowest BCUT2D eigenvalue weighted by atomic mass is 10.1. The van der Waals surface area contributed by atoms with Crippen molar-refractivity contribution < 1.29 is 27.4 Å². The zero-order chi connectivity index (χ0) is 21.6. The Labute approximate surface area is 198 Å². The fraction of sp³-hybridized carbons (Fsp3) is 0.476. The number of benzene rings is 1. The molecule has 2 rings (SSSR count). The molecule has 0 fully saturated rings. The van der Waals surface area contributed by atoms with Gasteiger partial charge in [0.2, 0.25) is 0 Å². The summed E-state index contributed by atoms with van der Waals surface area (Å²) >= 11 is 0. The van der Waals surface area contributed by atoms with E-state index < -0.39 is 6.61 Å². The number of guanidine groups is 1. The molecule has 0 atom stereocenters. The number of aliphatic imine (C=N–C) groups is 1. The second-order valence-corrected chi connectivity index (χ2v) is 6.29. The Morgan fingerprint density at radius 2 is 2.03 bits per heavy atom. The molecule has 0 saturated carbocycles. The number of hydrogen-bond acceptors (Lipinski definition) is 5. The van der Waals surface area contributed by atoms with Gasteiger partial charge in [0.1, 0.15) is 12.4 Å². The highest BCUT2D eigenvalue weighted by molar-refractivity contribution is 14.0. The van der Waals surface area contributed by atoms with Crippen LogP contribution in [-0.4, -0.2) is 45.9 Å². The fourth-order valence-corrected chi connectivity index (χ4v) is 2.66. The first kappa shape index (κ1) is 27.0. The van der Waals surface area contributed by atoms with Crippen molar-refractivity contribution in [2.24, 2.45) is 4.99 Å². The zero-order valence-corrected chi connectivity index (χ0v) is 20.1. The summed E-state index contributed by atoms with van der Waals surface area (Å²) in [4.78, 5) is 4.51. The molecule has 0 amide bonds. The van der Waals surface area contributed by atoms with Crippen LogP contribution in [0, 0.1) is 0 Å². The van der Waals surface area contributed by atoms with Gasteiger partial charge in [-0.3, -0.25) is 4.99 Å². The van der Waals surface area contributed by atoms with Crippen LogP contribution >= 0.6 is 24.0 Å². The van der Waals surface area contributed by atoms with Crippen LogP contribution in [0.2, 0.25) is 0 Å². The third kappa shape index (κ3) is 10.7. The zero-order valence-electron chi connectivity index (χ0n) is 17.7. The quantitative estimate of drug-likeness (QED) is 0.168. The number of ether oxygens (including phenoxy) is 3. The van der Waals surface area contributed by atoms with Crippen LogP contribution in [0.4, 0.5) is 8.78 Å². The summed E-state index contributed by atoms with van der Waals surface area (Å²) in [5.74, 6) is 1.80. The molecule has 1 aromatic carbocycles. The van der Waals surface area contributed by atoms with Gasteiger partial charge in [-0.05, 0) is 49.6 Å². The molecule has 2 aromatic rings. The summed E-state index contributed by atoms with van der Waals surface area (Å²) < 4.78 is 45.4. The first-order chi connectivity index (χ1) is 14.6. The third-order valence-electron chi connectivity index (χ3n) is 4.04. The van der Waals surface area contributed by atoms with Crippen molar-refractivity contribution >= 4 is 29.9 Å². The number of alkyl halides is 2. The lowest BCUT2D eigenvalue weighted by molar-refractivity contribution is -0.0512. The molecule has 1 heterocycles. The summed E-state index contributed by atoms with van der Waals surface area (Å²) in [5, 5.41) is 6.41. The Bertz CT molecular complexity index is 761. The van der Waals surface area contributed by atoms with Crippen molar-refractivity contribution in [1.82, 2.24) is 10.6 Å². The fourth-order valence-electron chi connectivity index (χ4n) is 2.66. The Kier molecular flexibility index (Phi) is 13.6. The van der Waals surface area contributed by atoms with Gasteiger partial charge in [-0.2, -0.15) is 8.78 Å². The van der Waals surface area contributed by atoms with E-state index >= 15 is 0 Å². The molecule has 0 saturated heterocycles. The van der Waals surface area contributed by atoms with Crippen molar-refractivity contribution in [2.75, 3.05) is 33.4 Å². The standard InChI is InChI=1S/C21H29F2N3O4.HI/c1-3-24-21(25-10-5-12-28-15-17-6-4-13-29-17)26-11-9-16-7-8-18(27-2)19(14-16)30-20(22)23;/h4,6-8,13-14,20H,3,5,9-12,15H2,1-2H3,(H2,24,25,26);1H. The molecule has 1 aromatic heterocycles. The Hall–Kier alpha value is -2.08. The third-order valence-corrected chi connectivity index (χ3v) is 4.04. The van der Waals surface area contributed by atoms with Crippen LogP contribution in [0.15, 0.2) is 46.0 Å². The average Bonchev–Trinajstić information content (AvgIpc) is 3.24. The molecule has 0 unspecified atom stereocenters. The molecule has 2 N–H and O–H groups in total.